The Balaban J connectivity index is 4.01. The van der Waals surface area contributed by atoms with Crippen LogP contribution in [0.1, 0.15) is 258 Å². The number of nitrogens with one attached hydrogen (secondary N) is 1. The molecule has 0 radical (unpaired) electrons. The highest BCUT2D eigenvalue weighted by Crippen LogP contribution is 2.43. The fourth-order valence-corrected chi connectivity index (χ4v) is 8.36. The zero-order chi connectivity index (χ0) is 41.8. The molecule has 0 saturated heterocycles. The molecule has 0 rings (SSSR count). The third kappa shape index (κ3) is 43.1. The molecule has 340 valence electrons. The summed E-state index contributed by atoms with van der Waals surface area (Å²) in [6.45, 7) is 4.17. The number of carbonyl (C=O) groups is 1. The Morgan fingerprint density at radius 3 is 1.25 bits per heavy atom. The van der Waals surface area contributed by atoms with Crippen molar-refractivity contribution in [3.63, 3.8) is 0 Å². The topological polar surface area (TPSA) is 131 Å². The predicted molar refractivity (Wildman–Crippen MR) is 245 cm³/mol. The third-order valence-corrected chi connectivity index (χ3v) is 12.3. The molecule has 1 amide bonds. The van der Waals surface area contributed by atoms with Crippen molar-refractivity contribution in [2.75, 3.05) is 19.8 Å². The van der Waals surface area contributed by atoms with Gasteiger partial charge in [-0.15, -0.1) is 0 Å². The molecule has 0 bridgehead atoms. The van der Waals surface area contributed by atoms with Gasteiger partial charge in [-0.2, -0.15) is 0 Å². The predicted octanol–water partition coefficient (Wildman–Crippen LogP) is 14.3. The normalized spacial score (nSPS) is 14.0. The smallest absolute Gasteiger partial charge is 0.387 e. The maximum absolute atomic E-state index is 12.8. The summed E-state index contributed by atoms with van der Waals surface area (Å²) < 4.78 is 22.2. The summed E-state index contributed by atoms with van der Waals surface area (Å²) >= 11 is 0. The third-order valence-electron chi connectivity index (χ3n) is 11.4. The fourth-order valence-electron chi connectivity index (χ4n) is 7.61. The maximum atomic E-state index is 12.8. The number of hydrogen-bond donors (Lipinski definition) is 4. The molecule has 0 aliphatic heterocycles. The summed E-state index contributed by atoms with van der Waals surface area (Å²) in [7, 11) is -4.34. The second-order valence-corrected chi connectivity index (χ2v) is 18.5. The molecule has 0 fully saturated rings. The molecule has 1 unspecified atom stereocenters. The Bertz CT molecular complexity index is 906. The van der Waals surface area contributed by atoms with Gasteiger partial charge in [0.25, 0.3) is 0 Å². The summed E-state index contributed by atoms with van der Waals surface area (Å²) in [5.41, 5.74) is 5.38. The first-order valence-electron chi connectivity index (χ1n) is 24.8. The zero-order valence-electron chi connectivity index (χ0n) is 37.9. The molecule has 57 heavy (non-hydrogen) atoms. The van der Waals surface area contributed by atoms with E-state index in [9.17, 15) is 19.4 Å². The van der Waals surface area contributed by atoms with Gasteiger partial charge >= 0.3 is 7.82 Å². The van der Waals surface area contributed by atoms with E-state index in [2.05, 4.69) is 19.2 Å². The van der Waals surface area contributed by atoms with E-state index in [0.29, 0.717) is 6.42 Å². The van der Waals surface area contributed by atoms with E-state index in [1.807, 2.05) is 6.08 Å². The maximum Gasteiger partial charge on any atom is 0.472 e. The number of rotatable bonds is 47. The van der Waals surface area contributed by atoms with Crippen LogP contribution in [-0.2, 0) is 18.4 Å². The number of hydrogen-bond acceptors (Lipinski definition) is 6. The number of aliphatic hydroxyl groups is 1. The summed E-state index contributed by atoms with van der Waals surface area (Å²) in [6, 6.07) is -0.855. The molecular weight excluding hydrogens is 732 g/mol. The highest BCUT2D eigenvalue weighted by Gasteiger charge is 2.26. The van der Waals surface area contributed by atoms with E-state index < -0.39 is 20.0 Å². The van der Waals surface area contributed by atoms with Crippen molar-refractivity contribution in [1.82, 2.24) is 5.32 Å². The summed E-state index contributed by atoms with van der Waals surface area (Å²) in [5, 5.41) is 13.7. The quantitative estimate of drug-likeness (QED) is 0.0273. The molecule has 9 heteroatoms. The Morgan fingerprint density at radius 2 is 0.895 bits per heavy atom. The van der Waals surface area contributed by atoms with Crippen LogP contribution in [0.4, 0.5) is 0 Å². The van der Waals surface area contributed by atoms with Gasteiger partial charge in [0.2, 0.25) is 5.91 Å². The van der Waals surface area contributed by atoms with Crippen LogP contribution in [-0.4, -0.2) is 47.8 Å². The first-order chi connectivity index (χ1) is 27.9. The number of aliphatic hydroxyl groups excluding tert-OH is 1. The fraction of sp³-hybridized carbons (Fsp3) is 0.938. The van der Waals surface area contributed by atoms with Crippen LogP contribution in [0.5, 0.6) is 0 Å². The highest BCUT2D eigenvalue weighted by molar-refractivity contribution is 7.47. The zero-order valence-corrected chi connectivity index (χ0v) is 38.7. The van der Waals surface area contributed by atoms with Gasteiger partial charge in [-0.3, -0.25) is 13.8 Å². The minimum atomic E-state index is -4.34. The molecule has 0 saturated carbocycles. The van der Waals surface area contributed by atoms with Crippen LogP contribution in [0.3, 0.4) is 0 Å². The molecule has 8 nitrogen and oxygen atoms in total. The lowest BCUT2D eigenvalue weighted by atomic mass is 10.0. The van der Waals surface area contributed by atoms with Crippen LogP contribution >= 0.6 is 7.82 Å². The molecular formula is C48H97N2O6P. The molecule has 3 atom stereocenters. The average Bonchev–Trinajstić information content (AvgIpc) is 3.20. The summed E-state index contributed by atoms with van der Waals surface area (Å²) in [6.07, 6.45) is 51.3. The van der Waals surface area contributed by atoms with E-state index in [1.165, 1.54) is 199 Å². The number of nitrogens with two attached hydrogens (primary N) is 1. The van der Waals surface area contributed by atoms with Crippen molar-refractivity contribution in [2.45, 2.75) is 270 Å². The molecule has 0 aromatic rings. The number of allylic oxidation sites excluding steroid dienone is 1. The van der Waals surface area contributed by atoms with Gasteiger partial charge in [-0.25, -0.2) is 4.57 Å². The van der Waals surface area contributed by atoms with Gasteiger partial charge in [0.1, 0.15) is 0 Å². The second-order valence-electron chi connectivity index (χ2n) is 17.0. The van der Waals surface area contributed by atoms with E-state index in [1.54, 1.807) is 6.08 Å². The van der Waals surface area contributed by atoms with Gasteiger partial charge in [-0.05, 0) is 19.3 Å². The van der Waals surface area contributed by atoms with Crippen molar-refractivity contribution in [2.24, 2.45) is 5.73 Å². The number of phosphoric acid groups is 1. The lowest BCUT2D eigenvalue weighted by Gasteiger charge is -2.23. The van der Waals surface area contributed by atoms with E-state index in [-0.39, 0.29) is 25.7 Å². The van der Waals surface area contributed by atoms with E-state index in [0.717, 1.165) is 38.5 Å². The molecule has 0 aliphatic rings. The minimum Gasteiger partial charge on any atom is -0.387 e. The first-order valence-corrected chi connectivity index (χ1v) is 26.3. The number of phosphoric ester groups is 1. The van der Waals surface area contributed by atoms with Crippen LogP contribution in [0.15, 0.2) is 12.2 Å². The van der Waals surface area contributed by atoms with Crippen molar-refractivity contribution >= 4 is 13.7 Å². The van der Waals surface area contributed by atoms with Gasteiger partial charge in [0.05, 0.1) is 25.4 Å². The number of carbonyl (C=O) groups excluding carboxylic acids is 1. The molecule has 0 heterocycles. The molecule has 0 aromatic heterocycles. The van der Waals surface area contributed by atoms with Crippen molar-refractivity contribution in [3.8, 4) is 0 Å². The summed E-state index contributed by atoms with van der Waals surface area (Å²) in [5.74, 6) is -0.188. The second kappa shape index (κ2) is 44.8. The van der Waals surface area contributed by atoms with Gasteiger partial charge in [0, 0.05) is 13.0 Å². The molecule has 0 aromatic carbocycles. The molecule has 0 spiro atoms. The minimum absolute atomic E-state index is 0.0815. The van der Waals surface area contributed by atoms with Crippen LogP contribution in [0.25, 0.3) is 0 Å². The van der Waals surface area contributed by atoms with Crippen LogP contribution in [0, 0.1) is 0 Å². The van der Waals surface area contributed by atoms with Gasteiger partial charge < -0.3 is 21.1 Å². The molecule has 5 N–H and O–H groups in total. The SMILES string of the molecule is CCCCCCCCCCCCCC/C=C/[C@@H](O)[C@H](COP(=O)(O)OCCN)NC(=O)CCCCCCCCCCCCCCCCCCCCCCCCCC. The standard InChI is InChI=1S/C48H97N2O6P/c1-3-5-7-9-11-13-15-17-19-20-21-22-23-24-25-26-27-28-30-32-34-36-38-40-42-48(52)50-46(45-56-57(53,54)55-44-43-49)47(51)41-39-37-35-33-31-29-18-16-14-12-10-8-6-4-2/h39,41,46-47,51H,3-38,40,42-45,49H2,1-2H3,(H,50,52)(H,53,54)/b41-39+/t46-,47+/m0/s1. The number of amides is 1. The van der Waals surface area contributed by atoms with Crippen LogP contribution in [0.2, 0.25) is 0 Å². The Kier molecular flexibility index (Phi) is 44.2. The lowest BCUT2D eigenvalue weighted by Crippen LogP contribution is -2.45. The Labute approximate surface area is 354 Å². The lowest BCUT2D eigenvalue weighted by molar-refractivity contribution is -0.123. The monoisotopic (exact) mass is 829 g/mol. The average molecular weight is 829 g/mol. The Hall–Kier alpha value is -0.760. The first kappa shape index (κ1) is 56.2. The largest absolute Gasteiger partial charge is 0.472 e. The van der Waals surface area contributed by atoms with Crippen molar-refractivity contribution in [3.05, 3.63) is 12.2 Å². The van der Waals surface area contributed by atoms with Crippen molar-refractivity contribution in [1.29, 1.82) is 0 Å². The van der Waals surface area contributed by atoms with E-state index in [4.69, 9.17) is 14.8 Å². The summed E-state index contributed by atoms with van der Waals surface area (Å²) in [4.78, 5) is 22.8. The van der Waals surface area contributed by atoms with Crippen molar-refractivity contribution < 1.29 is 28.4 Å². The highest BCUT2D eigenvalue weighted by atomic mass is 31.2. The van der Waals surface area contributed by atoms with Gasteiger partial charge in [0.15, 0.2) is 0 Å². The van der Waals surface area contributed by atoms with Gasteiger partial charge in [-0.1, -0.05) is 244 Å². The van der Waals surface area contributed by atoms with E-state index >= 15 is 0 Å². The molecule has 0 aliphatic carbocycles. The Morgan fingerprint density at radius 1 is 0.561 bits per heavy atom. The van der Waals surface area contributed by atoms with Crippen LogP contribution < -0.4 is 11.1 Å². The number of unbranched alkanes of at least 4 members (excludes halogenated alkanes) is 35.